The Balaban J connectivity index is 2.37. The van der Waals surface area contributed by atoms with Crippen LogP contribution in [0, 0.1) is 5.92 Å². The summed E-state index contributed by atoms with van der Waals surface area (Å²) in [6.45, 7) is 7.69. The number of methoxy groups -OCH3 is 1. The minimum atomic E-state index is -1.29. The smallest absolute Gasteiger partial charge is 0.251 e. The van der Waals surface area contributed by atoms with E-state index in [-0.39, 0.29) is 48.2 Å². The predicted molar refractivity (Wildman–Crippen MR) is 135 cm³/mol. The second-order valence-electron chi connectivity index (χ2n) is 8.79. The Hall–Kier alpha value is -3.20. The van der Waals surface area contributed by atoms with E-state index in [9.17, 15) is 24.9 Å². The van der Waals surface area contributed by atoms with Crippen LogP contribution in [0.5, 0.6) is 5.75 Å². The van der Waals surface area contributed by atoms with Crippen molar-refractivity contribution < 1.29 is 29.6 Å². The Morgan fingerprint density at radius 2 is 1.69 bits per heavy atom. The largest absolute Gasteiger partial charge is 0.508 e. The molecule has 190 valence electrons. The van der Waals surface area contributed by atoms with Crippen LogP contribution in [-0.2, 0) is 11.2 Å². The molecule has 8 heteroatoms. The van der Waals surface area contributed by atoms with Crippen LogP contribution in [0.4, 0.5) is 0 Å². The molecule has 0 aliphatic heterocycles. The van der Waals surface area contributed by atoms with E-state index in [0.29, 0.717) is 17.5 Å². The first-order valence-corrected chi connectivity index (χ1v) is 11.6. The van der Waals surface area contributed by atoms with Gasteiger partial charge in [0.1, 0.15) is 11.9 Å². The molecule has 0 aliphatic carbocycles. The van der Waals surface area contributed by atoms with Crippen LogP contribution < -0.4 is 11.1 Å². The Labute approximate surface area is 206 Å². The number of amides is 1. The lowest BCUT2D eigenvalue weighted by Gasteiger charge is -2.28. The van der Waals surface area contributed by atoms with Gasteiger partial charge >= 0.3 is 0 Å². The zero-order valence-electron chi connectivity index (χ0n) is 20.5. The lowest BCUT2D eigenvalue weighted by molar-refractivity contribution is -0.0177. The van der Waals surface area contributed by atoms with Crippen molar-refractivity contribution in [1.29, 1.82) is 0 Å². The van der Waals surface area contributed by atoms with Crippen molar-refractivity contribution in [2.45, 2.75) is 51.4 Å². The number of hydrogen-bond donors (Lipinski definition) is 5. The first-order valence-electron chi connectivity index (χ1n) is 11.6. The molecule has 1 amide bonds. The molecule has 35 heavy (non-hydrogen) atoms. The van der Waals surface area contributed by atoms with E-state index in [1.54, 1.807) is 18.2 Å². The summed E-state index contributed by atoms with van der Waals surface area (Å²) in [4.78, 5) is 26.1. The van der Waals surface area contributed by atoms with Crippen molar-refractivity contribution in [2.75, 3.05) is 13.7 Å². The van der Waals surface area contributed by atoms with Gasteiger partial charge in [-0.15, -0.1) is 0 Å². The van der Waals surface area contributed by atoms with Crippen LogP contribution in [0.3, 0.4) is 0 Å². The molecular weight excluding hydrogens is 448 g/mol. The number of ketones is 1. The second kappa shape index (κ2) is 13.0. The van der Waals surface area contributed by atoms with Gasteiger partial charge in [0.2, 0.25) is 0 Å². The van der Waals surface area contributed by atoms with Crippen molar-refractivity contribution >= 4 is 17.4 Å². The Kier molecular flexibility index (Phi) is 10.4. The van der Waals surface area contributed by atoms with Gasteiger partial charge in [-0.3, -0.25) is 9.59 Å². The van der Waals surface area contributed by atoms with E-state index < -0.39 is 24.2 Å². The number of nitrogens with two attached hydrogens (primary N) is 1. The summed E-state index contributed by atoms with van der Waals surface area (Å²) in [5.74, 6) is -0.784. The van der Waals surface area contributed by atoms with Crippen molar-refractivity contribution in [3.05, 3.63) is 71.3 Å². The molecule has 0 saturated carbocycles. The van der Waals surface area contributed by atoms with Crippen LogP contribution in [0.25, 0.3) is 5.70 Å². The Morgan fingerprint density at radius 3 is 2.26 bits per heavy atom. The topological polar surface area (TPSA) is 142 Å². The fourth-order valence-corrected chi connectivity index (χ4v) is 3.63. The van der Waals surface area contributed by atoms with Crippen LogP contribution >= 0.6 is 0 Å². The second-order valence-corrected chi connectivity index (χ2v) is 8.79. The summed E-state index contributed by atoms with van der Waals surface area (Å²) in [5, 5.41) is 33.7. The fraction of sp³-hybridized carbons (Fsp3) is 0.407. The Morgan fingerprint density at radius 1 is 1.09 bits per heavy atom. The number of ether oxygens (including phenoxy) is 1. The minimum Gasteiger partial charge on any atom is -0.508 e. The molecule has 0 fully saturated rings. The van der Waals surface area contributed by atoms with E-state index in [1.165, 1.54) is 31.4 Å². The fourth-order valence-electron chi connectivity index (χ4n) is 3.63. The first-order chi connectivity index (χ1) is 16.6. The van der Waals surface area contributed by atoms with E-state index in [4.69, 9.17) is 10.5 Å². The molecule has 2 aromatic carbocycles. The van der Waals surface area contributed by atoms with Gasteiger partial charge in [-0.2, -0.15) is 0 Å². The van der Waals surface area contributed by atoms with Crippen molar-refractivity contribution in [3.8, 4) is 5.75 Å². The standard InChI is InChI=1S/C27H36N2O6/c1-5-16(2)25(32)20-13-19(17(3)28)14-21(15-20)27(34)29-23(26(33)24(31)10-11-35-4)12-18-6-8-22(30)9-7-18/h6-9,13-16,23-24,26,30-31,33H,3,5,10-12,28H2,1-2,4H3,(H,29,34). The van der Waals surface area contributed by atoms with Crippen LogP contribution in [0.1, 0.15) is 58.5 Å². The van der Waals surface area contributed by atoms with Gasteiger partial charge in [0.25, 0.3) is 5.91 Å². The molecule has 0 radical (unpaired) electrons. The number of rotatable bonds is 13. The maximum atomic E-state index is 13.3. The molecule has 6 N–H and O–H groups in total. The first kappa shape index (κ1) is 28.0. The number of aliphatic hydroxyl groups excluding tert-OH is 2. The minimum absolute atomic E-state index is 0.0901. The predicted octanol–water partition coefficient (Wildman–Crippen LogP) is 2.65. The number of benzene rings is 2. The number of aliphatic hydroxyl groups is 2. The highest BCUT2D eigenvalue weighted by Crippen LogP contribution is 2.20. The highest BCUT2D eigenvalue weighted by Gasteiger charge is 2.29. The maximum absolute atomic E-state index is 13.3. The zero-order chi connectivity index (χ0) is 26.1. The third-order valence-electron chi connectivity index (χ3n) is 6.04. The normalized spacial score (nSPS) is 14.5. The molecule has 0 heterocycles. The summed E-state index contributed by atoms with van der Waals surface area (Å²) >= 11 is 0. The third-order valence-corrected chi connectivity index (χ3v) is 6.04. The van der Waals surface area contributed by atoms with Gasteiger partial charge in [0.05, 0.1) is 12.1 Å². The highest BCUT2D eigenvalue weighted by atomic mass is 16.5. The van der Waals surface area contributed by atoms with Crippen molar-refractivity contribution in [3.63, 3.8) is 0 Å². The third kappa shape index (κ3) is 7.92. The molecule has 4 unspecified atom stereocenters. The number of carbonyl (C=O) groups excluding carboxylic acids is 2. The van der Waals surface area contributed by atoms with Gasteiger partial charge in [-0.25, -0.2) is 0 Å². The SMILES string of the molecule is C=C(N)c1cc(C(=O)NC(Cc2ccc(O)cc2)C(O)C(O)CCOC)cc(C(=O)C(C)CC)c1. The van der Waals surface area contributed by atoms with Gasteiger partial charge in [-0.05, 0) is 60.7 Å². The number of nitrogens with one attached hydrogen (secondary N) is 1. The summed E-state index contributed by atoms with van der Waals surface area (Å²) in [6, 6.07) is 10.1. The molecule has 0 aromatic heterocycles. The number of hydrogen-bond acceptors (Lipinski definition) is 7. The zero-order valence-corrected chi connectivity index (χ0v) is 20.5. The van der Waals surface area contributed by atoms with Crippen molar-refractivity contribution in [1.82, 2.24) is 5.32 Å². The number of phenolic OH excluding ortho intramolecular Hbond substituents is 1. The van der Waals surface area contributed by atoms with Crippen LogP contribution in [-0.4, -0.2) is 59.0 Å². The Bertz CT molecular complexity index is 1020. The molecule has 8 nitrogen and oxygen atoms in total. The molecule has 0 saturated heterocycles. The summed E-state index contributed by atoms with van der Waals surface area (Å²) in [5.41, 5.74) is 7.82. The summed E-state index contributed by atoms with van der Waals surface area (Å²) in [7, 11) is 1.49. The van der Waals surface area contributed by atoms with Crippen LogP contribution in [0.2, 0.25) is 0 Å². The van der Waals surface area contributed by atoms with Gasteiger partial charge in [0.15, 0.2) is 5.78 Å². The number of Topliss-reactive ketones (excluding diaryl/α,β-unsaturated/α-hetero) is 1. The average molecular weight is 485 g/mol. The van der Waals surface area contributed by atoms with E-state index in [1.807, 2.05) is 13.8 Å². The summed E-state index contributed by atoms with van der Waals surface area (Å²) < 4.78 is 4.99. The molecule has 4 atom stereocenters. The number of phenols is 1. The molecule has 0 spiro atoms. The van der Waals surface area contributed by atoms with E-state index >= 15 is 0 Å². The van der Waals surface area contributed by atoms with Crippen LogP contribution in [0.15, 0.2) is 49.0 Å². The van der Waals surface area contributed by atoms with E-state index in [0.717, 1.165) is 5.56 Å². The quantitative estimate of drug-likeness (QED) is 0.275. The monoisotopic (exact) mass is 484 g/mol. The van der Waals surface area contributed by atoms with Gasteiger partial charge < -0.3 is 31.1 Å². The highest BCUT2D eigenvalue weighted by molar-refractivity contribution is 6.02. The van der Waals surface area contributed by atoms with E-state index in [2.05, 4.69) is 11.9 Å². The number of carbonyl (C=O) groups is 2. The lowest BCUT2D eigenvalue weighted by Crippen LogP contribution is -2.50. The van der Waals surface area contributed by atoms with Crippen molar-refractivity contribution in [2.24, 2.45) is 11.7 Å². The average Bonchev–Trinajstić information content (AvgIpc) is 2.86. The molecule has 2 rings (SSSR count). The lowest BCUT2D eigenvalue weighted by atomic mass is 9.93. The van der Waals surface area contributed by atoms with Gasteiger partial charge in [-0.1, -0.05) is 32.6 Å². The maximum Gasteiger partial charge on any atom is 0.251 e. The molecule has 0 bridgehead atoms. The molecular formula is C27H36N2O6. The molecule has 2 aromatic rings. The van der Waals surface area contributed by atoms with Gasteiger partial charge in [0, 0.05) is 36.5 Å². The summed E-state index contributed by atoms with van der Waals surface area (Å²) in [6.07, 6.45) is -1.42. The number of aromatic hydroxyl groups is 1. The molecule has 0 aliphatic rings.